The molecule has 1 amide bonds. The van der Waals surface area contributed by atoms with Gasteiger partial charge in [0.2, 0.25) is 6.10 Å². The van der Waals surface area contributed by atoms with Gasteiger partial charge in [-0.3, -0.25) is 4.79 Å². The van der Waals surface area contributed by atoms with Crippen LogP contribution in [0.4, 0.5) is 8.78 Å². The molecule has 0 N–H and O–H groups in total. The zero-order valence-electron chi connectivity index (χ0n) is 16.3. The van der Waals surface area contributed by atoms with Crippen molar-refractivity contribution >= 4 is 11.6 Å². The van der Waals surface area contributed by atoms with Gasteiger partial charge in [-0.15, -0.1) is 0 Å². The van der Waals surface area contributed by atoms with Gasteiger partial charge in [0.1, 0.15) is 11.6 Å². The number of oxime groups is 1. The first-order chi connectivity index (χ1) is 14.6. The Bertz CT molecular complexity index is 961. The predicted molar refractivity (Wildman–Crippen MR) is 106 cm³/mol. The topological polar surface area (TPSA) is 51.1 Å². The van der Waals surface area contributed by atoms with Crippen molar-refractivity contribution in [1.82, 2.24) is 4.90 Å². The lowest BCUT2D eigenvalue weighted by atomic mass is 9.84. The number of likely N-dealkylation sites (tertiary alicyclic amines) is 1. The van der Waals surface area contributed by atoms with E-state index in [2.05, 4.69) is 17.3 Å². The van der Waals surface area contributed by atoms with Crippen LogP contribution in [0.25, 0.3) is 0 Å². The first-order valence-electron chi connectivity index (χ1n) is 10.2. The van der Waals surface area contributed by atoms with Crippen LogP contribution in [0.2, 0.25) is 0 Å². The van der Waals surface area contributed by atoms with E-state index in [1.807, 2.05) is 23.1 Å². The number of nitrogens with zero attached hydrogens (tertiary/aromatic N) is 2. The van der Waals surface area contributed by atoms with Crippen molar-refractivity contribution in [2.45, 2.75) is 30.9 Å². The van der Waals surface area contributed by atoms with Crippen molar-refractivity contribution < 1.29 is 23.1 Å². The summed E-state index contributed by atoms with van der Waals surface area (Å²) in [6.07, 6.45) is -0.0452. The van der Waals surface area contributed by atoms with Crippen molar-refractivity contribution in [1.29, 1.82) is 0 Å². The van der Waals surface area contributed by atoms with Crippen molar-refractivity contribution in [3.8, 4) is 0 Å². The van der Waals surface area contributed by atoms with Crippen LogP contribution < -0.4 is 0 Å². The maximum Gasteiger partial charge on any atom is 0.267 e. The van der Waals surface area contributed by atoms with Crippen molar-refractivity contribution in [2.24, 2.45) is 11.1 Å². The number of halogens is 2. The van der Waals surface area contributed by atoms with E-state index in [1.165, 1.54) is 23.8 Å². The number of hydrogen-bond acceptors (Lipinski definition) is 4. The van der Waals surface area contributed by atoms with Crippen LogP contribution in [0.1, 0.15) is 29.9 Å². The van der Waals surface area contributed by atoms with Gasteiger partial charge in [-0.1, -0.05) is 41.6 Å². The Hall–Kier alpha value is -2.80. The highest BCUT2D eigenvalue weighted by Crippen LogP contribution is 2.41. The summed E-state index contributed by atoms with van der Waals surface area (Å²) in [7, 11) is 0. The molecule has 4 unspecified atom stereocenters. The van der Waals surface area contributed by atoms with Crippen LogP contribution in [-0.2, 0) is 14.4 Å². The lowest BCUT2D eigenvalue weighted by molar-refractivity contribution is -0.144. The second kappa shape index (κ2) is 7.80. The molecule has 4 atom stereocenters. The van der Waals surface area contributed by atoms with E-state index >= 15 is 0 Å². The normalized spacial score (nSPS) is 28.1. The fraction of sp³-hybridized carbons (Fsp3) is 0.391. The number of benzene rings is 2. The number of fused-ring (bicyclic) bond motifs is 1. The Morgan fingerprint density at radius 3 is 2.60 bits per heavy atom. The Morgan fingerprint density at radius 2 is 1.83 bits per heavy atom. The highest BCUT2D eigenvalue weighted by molar-refractivity contribution is 6.04. The molecule has 7 heteroatoms. The third-order valence-electron chi connectivity index (χ3n) is 6.38. The summed E-state index contributed by atoms with van der Waals surface area (Å²) in [6.45, 7) is 1.80. The smallest absolute Gasteiger partial charge is 0.267 e. The molecule has 5 rings (SSSR count). The second-order valence-electron chi connectivity index (χ2n) is 8.04. The van der Waals surface area contributed by atoms with Gasteiger partial charge in [-0.05, 0) is 24.1 Å². The van der Waals surface area contributed by atoms with E-state index in [1.54, 1.807) is 0 Å². The van der Waals surface area contributed by atoms with E-state index < -0.39 is 17.7 Å². The van der Waals surface area contributed by atoms with Gasteiger partial charge >= 0.3 is 0 Å². The van der Waals surface area contributed by atoms with Gasteiger partial charge in [0, 0.05) is 37.5 Å². The summed E-state index contributed by atoms with van der Waals surface area (Å²) < 4.78 is 33.9. The van der Waals surface area contributed by atoms with E-state index in [4.69, 9.17) is 9.57 Å². The number of hydrogen-bond donors (Lipinski definition) is 0. The highest BCUT2D eigenvalue weighted by atomic mass is 19.1. The summed E-state index contributed by atoms with van der Waals surface area (Å²) in [4.78, 5) is 20.5. The maximum absolute atomic E-state index is 14.1. The Labute approximate surface area is 173 Å². The minimum atomic E-state index is -0.864. The molecule has 2 aromatic rings. The quantitative estimate of drug-likeness (QED) is 0.776. The molecule has 0 radical (unpaired) electrons. The van der Waals surface area contributed by atoms with Gasteiger partial charge in [0.15, 0.2) is 0 Å². The fourth-order valence-corrected chi connectivity index (χ4v) is 4.92. The van der Waals surface area contributed by atoms with Crippen molar-refractivity contribution in [2.75, 3.05) is 19.8 Å². The largest absolute Gasteiger partial charge is 0.382 e. The first-order valence-corrected chi connectivity index (χ1v) is 10.2. The van der Waals surface area contributed by atoms with E-state index in [0.717, 1.165) is 6.42 Å². The van der Waals surface area contributed by atoms with Crippen LogP contribution >= 0.6 is 0 Å². The summed E-state index contributed by atoms with van der Waals surface area (Å²) in [6, 6.07) is 13.9. The van der Waals surface area contributed by atoms with Crippen LogP contribution in [0.3, 0.4) is 0 Å². The summed E-state index contributed by atoms with van der Waals surface area (Å²) >= 11 is 0. The van der Waals surface area contributed by atoms with Gasteiger partial charge in [-0.25, -0.2) is 8.78 Å². The second-order valence-corrected chi connectivity index (χ2v) is 8.04. The molecule has 0 bridgehead atoms. The monoisotopic (exact) mass is 412 g/mol. The SMILES string of the molecule is O=C(C1CC(c2c(F)cccc2F)=NO1)N1CC(c2ccccc2)C2COCCC21. The number of carbonyl (C=O) groups is 1. The van der Waals surface area contributed by atoms with Crippen LogP contribution in [0.15, 0.2) is 53.7 Å². The zero-order valence-corrected chi connectivity index (χ0v) is 16.3. The van der Waals surface area contributed by atoms with Gasteiger partial charge in [0.25, 0.3) is 5.91 Å². The molecule has 3 aliphatic rings. The lowest BCUT2D eigenvalue weighted by Crippen LogP contribution is -2.46. The Balaban J connectivity index is 1.35. The van der Waals surface area contributed by atoms with Crippen LogP contribution in [0, 0.1) is 17.6 Å². The molecule has 2 aromatic carbocycles. The molecule has 2 fully saturated rings. The van der Waals surface area contributed by atoms with Crippen molar-refractivity contribution in [3.63, 3.8) is 0 Å². The van der Waals surface area contributed by atoms with Gasteiger partial charge < -0.3 is 14.5 Å². The predicted octanol–water partition coefficient (Wildman–Crippen LogP) is 3.49. The van der Waals surface area contributed by atoms with Crippen LogP contribution in [-0.4, -0.2) is 48.4 Å². The highest BCUT2D eigenvalue weighted by Gasteiger charge is 2.48. The van der Waals surface area contributed by atoms with Crippen LogP contribution in [0.5, 0.6) is 0 Å². The van der Waals surface area contributed by atoms with E-state index in [9.17, 15) is 13.6 Å². The average molecular weight is 412 g/mol. The Morgan fingerprint density at radius 1 is 1.07 bits per heavy atom. The molecule has 30 heavy (non-hydrogen) atoms. The molecular formula is C23H22F2N2O3. The number of carbonyl (C=O) groups excluding carboxylic acids is 1. The maximum atomic E-state index is 14.1. The third kappa shape index (κ3) is 3.27. The lowest BCUT2D eigenvalue weighted by Gasteiger charge is -2.33. The van der Waals surface area contributed by atoms with E-state index in [-0.39, 0.29) is 41.5 Å². The number of rotatable bonds is 3. The molecule has 2 saturated heterocycles. The van der Waals surface area contributed by atoms with E-state index in [0.29, 0.717) is 19.8 Å². The molecule has 0 saturated carbocycles. The molecule has 0 spiro atoms. The third-order valence-corrected chi connectivity index (χ3v) is 6.38. The fourth-order valence-electron chi connectivity index (χ4n) is 4.92. The molecule has 0 aliphatic carbocycles. The Kier molecular flexibility index (Phi) is 4.98. The molecule has 3 heterocycles. The summed E-state index contributed by atoms with van der Waals surface area (Å²) in [5.41, 5.74) is 1.10. The molecular weight excluding hydrogens is 390 g/mol. The number of amides is 1. The summed E-state index contributed by atoms with van der Waals surface area (Å²) in [5, 5.41) is 3.85. The summed E-state index contributed by atoms with van der Waals surface area (Å²) in [5.74, 6) is -1.19. The van der Waals surface area contributed by atoms with Gasteiger partial charge in [-0.2, -0.15) is 0 Å². The number of ether oxygens (including phenoxy) is 1. The average Bonchev–Trinajstić information content (AvgIpc) is 3.39. The zero-order chi connectivity index (χ0) is 20.7. The molecule has 156 valence electrons. The standard InChI is InChI=1S/C23H22F2N2O3/c24-17-7-4-8-18(25)22(17)19-11-21(30-26-19)23(28)27-12-15(14-5-2-1-3-6-14)16-13-29-10-9-20(16)27/h1-8,15-16,20-21H,9-13H2. The molecule has 0 aromatic heterocycles. The first kappa shape index (κ1) is 19.2. The molecule has 5 nitrogen and oxygen atoms in total. The van der Waals surface area contributed by atoms with Gasteiger partial charge in [0.05, 0.1) is 17.9 Å². The minimum absolute atomic E-state index is 0.0527. The molecule has 3 aliphatic heterocycles. The minimum Gasteiger partial charge on any atom is -0.382 e. The van der Waals surface area contributed by atoms with Crippen molar-refractivity contribution in [3.05, 3.63) is 71.3 Å².